The van der Waals surface area contributed by atoms with Crippen molar-refractivity contribution in [3.05, 3.63) is 77.7 Å². The van der Waals surface area contributed by atoms with Crippen molar-refractivity contribution in [2.75, 3.05) is 0 Å². The van der Waals surface area contributed by atoms with Crippen molar-refractivity contribution in [2.24, 2.45) is 0 Å². The summed E-state index contributed by atoms with van der Waals surface area (Å²) in [7, 11) is 0. The summed E-state index contributed by atoms with van der Waals surface area (Å²) in [5, 5.41) is 10.4. The molecule has 178 valence electrons. The van der Waals surface area contributed by atoms with E-state index in [1.54, 1.807) is 12.4 Å². The lowest BCUT2D eigenvalue weighted by atomic mass is 9.89. The lowest BCUT2D eigenvalue weighted by molar-refractivity contribution is -0.122. The Kier molecular flexibility index (Phi) is 7.67. The van der Waals surface area contributed by atoms with Gasteiger partial charge in [0.25, 0.3) is 0 Å². The molecule has 0 radical (unpaired) electrons. The largest absolute Gasteiger partial charge is 0.345 e. The zero-order chi connectivity index (χ0) is 23.8. The Balaban J connectivity index is 1.43. The first-order chi connectivity index (χ1) is 16.6. The third-order valence-electron chi connectivity index (χ3n) is 6.31. The van der Waals surface area contributed by atoms with Gasteiger partial charge in [-0.05, 0) is 36.1 Å². The monoisotopic (exact) mass is 461 g/mol. The fourth-order valence-electron chi connectivity index (χ4n) is 4.64. The molecule has 1 saturated carbocycles. The van der Waals surface area contributed by atoms with E-state index in [4.69, 9.17) is 4.52 Å². The van der Waals surface area contributed by atoms with Crippen molar-refractivity contribution in [1.82, 2.24) is 25.8 Å². The second kappa shape index (κ2) is 11.0. The normalized spacial score (nSPS) is 16.3. The topological polar surface area (TPSA) is 110 Å². The highest BCUT2D eigenvalue weighted by Gasteiger charge is 2.38. The molecule has 1 atom stereocenters. The Bertz CT molecular complexity index is 1040. The van der Waals surface area contributed by atoms with Gasteiger partial charge in [0.05, 0.1) is 6.04 Å². The summed E-state index contributed by atoms with van der Waals surface area (Å²) < 4.78 is 5.49. The molecule has 0 aliphatic heterocycles. The summed E-state index contributed by atoms with van der Waals surface area (Å²) in [6, 6.07) is 13.4. The first kappa shape index (κ1) is 23.6. The summed E-state index contributed by atoms with van der Waals surface area (Å²) in [5.41, 5.74) is 1.36. The van der Waals surface area contributed by atoms with Crippen LogP contribution in [0.4, 0.5) is 0 Å². The van der Waals surface area contributed by atoms with Crippen molar-refractivity contribution < 1.29 is 14.1 Å². The van der Waals surface area contributed by atoms with Crippen LogP contribution in [0.25, 0.3) is 0 Å². The predicted molar refractivity (Wildman–Crippen MR) is 126 cm³/mol. The molecular formula is C26H31N5O3. The maximum absolute atomic E-state index is 12.9. The molecule has 2 aromatic heterocycles. The smallest absolute Gasteiger partial charge is 0.227 e. The molecule has 1 unspecified atom stereocenters. The first-order valence-corrected chi connectivity index (χ1v) is 11.9. The van der Waals surface area contributed by atoms with Gasteiger partial charge in [-0.1, -0.05) is 61.2 Å². The molecule has 3 aromatic rings. The quantitative estimate of drug-likeness (QED) is 0.491. The standard InChI is InChI=1S/C26H31N5O3/c1-19(32)30-26(15-7-2-3-8-16-26)25-29-23(34-31-25)12-11-22(33)28-24(20-9-5-4-6-10-20)21-13-17-27-18-14-21/h4-6,9-10,13-14,17-18,24H,2-3,7-8,11-12,15-16H2,1H3,(H,28,33)(H,30,32). The Hall–Kier alpha value is -3.55. The number of nitrogens with one attached hydrogen (secondary N) is 2. The van der Waals surface area contributed by atoms with Crippen LogP contribution < -0.4 is 10.6 Å². The molecule has 1 aliphatic rings. The highest BCUT2D eigenvalue weighted by molar-refractivity contribution is 5.77. The van der Waals surface area contributed by atoms with Crippen molar-refractivity contribution in [1.29, 1.82) is 0 Å². The molecule has 8 heteroatoms. The van der Waals surface area contributed by atoms with Crippen LogP contribution in [-0.4, -0.2) is 26.9 Å². The summed E-state index contributed by atoms with van der Waals surface area (Å²) in [5.74, 6) is 0.699. The number of benzene rings is 1. The van der Waals surface area contributed by atoms with Crippen LogP contribution in [0.5, 0.6) is 0 Å². The zero-order valence-electron chi connectivity index (χ0n) is 19.5. The van der Waals surface area contributed by atoms with E-state index < -0.39 is 5.54 Å². The minimum absolute atomic E-state index is 0.101. The van der Waals surface area contributed by atoms with E-state index in [1.807, 2.05) is 42.5 Å². The number of carbonyl (C=O) groups is 2. The van der Waals surface area contributed by atoms with Crippen LogP contribution in [0.3, 0.4) is 0 Å². The van der Waals surface area contributed by atoms with E-state index in [9.17, 15) is 9.59 Å². The van der Waals surface area contributed by atoms with Crippen LogP contribution in [0, 0.1) is 0 Å². The van der Waals surface area contributed by atoms with Crippen molar-refractivity contribution in [2.45, 2.75) is 69.9 Å². The summed E-state index contributed by atoms with van der Waals surface area (Å²) in [6.45, 7) is 1.52. The lowest BCUT2D eigenvalue weighted by Gasteiger charge is -2.30. The van der Waals surface area contributed by atoms with Crippen molar-refractivity contribution in [3.8, 4) is 0 Å². The molecule has 2 amide bonds. The van der Waals surface area contributed by atoms with Crippen LogP contribution in [0.15, 0.2) is 59.4 Å². The zero-order valence-corrected chi connectivity index (χ0v) is 19.5. The Morgan fingerprint density at radius 3 is 2.35 bits per heavy atom. The van der Waals surface area contributed by atoms with Gasteiger partial charge in [0, 0.05) is 32.2 Å². The number of aromatic nitrogens is 3. The second-order valence-corrected chi connectivity index (χ2v) is 8.88. The Morgan fingerprint density at radius 1 is 1.00 bits per heavy atom. The van der Waals surface area contributed by atoms with Crippen LogP contribution in [-0.2, 0) is 21.5 Å². The third-order valence-corrected chi connectivity index (χ3v) is 6.31. The van der Waals surface area contributed by atoms with Crippen LogP contribution >= 0.6 is 0 Å². The molecule has 8 nitrogen and oxygen atoms in total. The SMILES string of the molecule is CC(=O)NC1(c2noc(CCC(=O)NC(c3ccccc3)c3ccncc3)n2)CCCCCC1. The van der Waals surface area contributed by atoms with Gasteiger partial charge < -0.3 is 15.2 Å². The number of rotatable bonds is 8. The summed E-state index contributed by atoms with van der Waals surface area (Å²) >= 11 is 0. The van der Waals surface area contributed by atoms with E-state index in [0.717, 1.165) is 49.7 Å². The fourth-order valence-corrected chi connectivity index (χ4v) is 4.64. The van der Waals surface area contributed by atoms with Gasteiger partial charge in [-0.25, -0.2) is 0 Å². The van der Waals surface area contributed by atoms with Gasteiger partial charge >= 0.3 is 0 Å². The van der Waals surface area contributed by atoms with E-state index in [0.29, 0.717) is 18.1 Å². The highest BCUT2D eigenvalue weighted by atomic mass is 16.5. The van der Waals surface area contributed by atoms with Gasteiger partial charge in [0.1, 0.15) is 5.54 Å². The average Bonchev–Trinajstić information content (AvgIpc) is 3.22. The van der Waals surface area contributed by atoms with E-state index in [-0.39, 0.29) is 24.3 Å². The minimum Gasteiger partial charge on any atom is -0.345 e. The number of hydrogen-bond acceptors (Lipinski definition) is 6. The summed E-state index contributed by atoms with van der Waals surface area (Å²) in [6.07, 6.45) is 9.82. The van der Waals surface area contributed by atoms with E-state index in [2.05, 4.69) is 25.8 Å². The van der Waals surface area contributed by atoms with Crippen molar-refractivity contribution in [3.63, 3.8) is 0 Å². The Labute approximate surface area is 199 Å². The highest BCUT2D eigenvalue weighted by Crippen LogP contribution is 2.34. The van der Waals surface area contributed by atoms with Gasteiger partial charge in [-0.3, -0.25) is 14.6 Å². The fraction of sp³-hybridized carbons (Fsp3) is 0.423. The molecule has 2 N–H and O–H groups in total. The van der Waals surface area contributed by atoms with Gasteiger partial charge in [0.2, 0.25) is 17.7 Å². The summed E-state index contributed by atoms with van der Waals surface area (Å²) in [4.78, 5) is 33.4. The molecule has 34 heavy (non-hydrogen) atoms. The third kappa shape index (κ3) is 5.87. The minimum atomic E-state index is -0.591. The molecule has 1 fully saturated rings. The molecule has 0 bridgehead atoms. The number of carbonyl (C=O) groups excluding carboxylic acids is 2. The average molecular weight is 462 g/mol. The molecule has 0 spiro atoms. The first-order valence-electron chi connectivity index (χ1n) is 11.9. The molecule has 1 aliphatic carbocycles. The maximum Gasteiger partial charge on any atom is 0.227 e. The van der Waals surface area contributed by atoms with Crippen LogP contribution in [0.1, 0.15) is 80.8 Å². The number of amides is 2. The molecular weight excluding hydrogens is 430 g/mol. The van der Waals surface area contributed by atoms with Crippen molar-refractivity contribution >= 4 is 11.8 Å². The van der Waals surface area contributed by atoms with E-state index in [1.165, 1.54) is 6.92 Å². The molecule has 4 rings (SSSR count). The number of hydrogen-bond donors (Lipinski definition) is 2. The van der Waals surface area contributed by atoms with Gasteiger partial charge in [-0.2, -0.15) is 4.98 Å². The lowest BCUT2D eigenvalue weighted by Crippen LogP contribution is -2.45. The molecule has 2 heterocycles. The molecule has 0 saturated heterocycles. The number of pyridine rings is 1. The van der Waals surface area contributed by atoms with E-state index >= 15 is 0 Å². The molecule has 1 aromatic carbocycles. The number of nitrogens with zero attached hydrogens (tertiary/aromatic N) is 3. The second-order valence-electron chi connectivity index (χ2n) is 8.88. The maximum atomic E-state index is 12.9. The predicted octanol–water partition coefficient (Wildman–Crippen LogP) is 3.99. The van der Waals surface area contributed by atoms with Gasteiger partial charge in [0.15, 0.2) is 5.82 Å². The Morgan fingerprint density at radius 2 is 1.68 bits per heavy atom. The number of aryl methyl sites for hydroxylation is 1. The van der Waals surface area contributed by atoms with Crippen LogP contribution in [0.2, 0.25) is 0 Å². The van der Waals surface area contributed by atoms with Gasteiger partial charge in [-0.15, -0.1) is 0 Å².